The maximum atomic E-state index is 15.5. The Bertz CT molecular complexity index is 1280. The van der Waals surface area contributed by atoms with Gasteiger partial charge in [-0.05, 0) is 44.2 Å². The molecule has 40 heavy (non-hydrogen) atoms. The van der Waals surface area contributed by atoms with Gasteiger partial charge in [-0.15, -0.1) is 0 Å². The first-order valence-electron chi connectivity index (χ1n) is 13.5. The van der Waals surface area contributed by atoms with Crippen LogP contribution in [0.4, 0.5) is 13.2 Å². The minimum Gasteiger partial charge on any atom is -0.492 e. The molecule has 4 rings (SSSR count). The largest absolute Gasteiger partial charge is 0.492 e. The Morgan fingerprint density at radius 2 is 1.90 bits per heavy atom. The van der Waals surface area contributed by atoms with Crippen LogP contribution in [0.3, 0.4) is 0 Å². The van der Waals surface area contributed by atoms with Crippen LogP contribution in [0.25, 0.3) is 10.9 Å². The van der Waals surface area contributed by atoms with Crippen molar-refractivity contribution in [3.63, 3.8) is 0 Å². The summed E-state index contributed by atoms with van der Waals surface area (Å²) in [4.78, 5) is 19.7. The number of halogens is 3. The minimum absolute atomic E-state index is 0.0837. The standard InChI is InChI=1S/C29H36F3N3O5/c1-19-14-22-21-8-4-5-9-24(21)34-26(22)28(35(19)18-29(2,31)32)27-23(30)15-20(16-33-27)40-11-7-3-6-10-38-12-13-39-17-25(36)37/h4-5,8-9,15-16,19,28,34H,3,6-7,10-14,17-18H2,1-2H3,(H,36,37)/t19-,28+/m1/s1. The van der Waals surface area contributed by atoms with Gasteiger partial charge in [0, 0.05) is 42.2 Å². The zero-order chi connectivity index (χ0) is 28.7. The third kappa shape index (κ3) is 7.74. The van der Waals surface area contributed by atoms with Gasteiger partial charge in [-0.25, -0.2) is 18.0 Å². The lowest BCUT2D eigenvalue weighted by atomic mass is 9.90. The second kappa shape index (κ2) is 13.5. The van der Waals surface area contributed by atoms with Gasteiger partial charge in [-0.2, -0.15) is 0 Å². The summed E-state index contributed by atoms with van der Waals surface area (Å²) in [7, 11) is 0. The van der Waals surface area contributed by atoms with Gasteiger partial charge in [-0.3, -0.25) is 9.88 Å². The number of aliphatic carboxylic acids is 1. The van der Waals surface area contributed by atoms with E-state index in [0.717, 1.165) is 42.7 Å². The maximum Gasteiger partial charge on any atom is 0.329 e. The molecule has 0 saturated heterocycles. The first-order valence-corrected chi connectivity index (χ1v) is 13.5. The molecule has 0 spiro atoms. The molecule has 2 aromatic heterocycles. The molecule has 0 unspecified atom stereocenters. The maximum absolute atomic E-state index is 15.5. The van der Waals surface area contributed by atoms with E-state index in [2.05, 4.69) is 9.97 Å². The number of carboxylic acids is 1. The highest BCUT2D eigenvalue weighted by atomic mass is 19.3. The summed E-state index contributed by atoms with van der Waals surface area (Å²) in [6.07, 6.45) is 4.35. The Balaban J connectivity index is 1.37. The highest BCUT2D eigenvalue weighted by Gasteiger charge is 2.41. The number of nitrogens with zero attached hydrogens (tertiary/aromatic N) is 2. The van der Waals surface area contributed by atoms with Crippen molar-refractivity contribution in [3.05, 3.63) is 59.3 Å². The van der Waals surface area contributed by atoms with Gasteiger partial charge >= 0.3 is 5.97 Å². The van der Waals surface area contributed by atoms with Crippen molar-refractivity contribution in [2.75, 3.05) is 39.6 Å². The summed E-state index contributed by atoms with van der Waals surface area (Å²) in [6, 6.07) is 7.98. The van der Waals surface area contributed by atoms with Crippen molar-refractivity contribution >= 4 is 16.9 Å². The first-order chi connectivity index (χ1) is 19.1. The summed E-state index contributed by atoms with van der Waals surface area (Å²) in [5.74, 6) is -4.31. The topological polar surface area (TPSA) is 96.9 Å². The molecule has 0 fully saturated rings. The lowest BCUT2D eigenvalue weighted by molar-refractivity contribution is -0.142. The number of pyridine rings is 1. The number of rotatable bonds is 15. The Kier molecular flexibility index (Phi) is 10.0. The van der Waals surface area contributed by atoms with Gasteiger partial charge in [-0.1, -0.05) is 18.2 Å². The molecule has 0 amide bonds. The van der Waals surface area contributed by atoms with Crippen molar-refractivity contribution < 1.29 is 37.3 Å². The van der Waals surface area contributed by atoms with E-state index in [1.54, 1.807) is 4.90 Å². The second-order valence-electron chi connectivity index (χ2n) is 10.3. The number of para-hydroxylation sites is 1. The highest BCUT2D eigenvalue weighted by Crippen LogP contribution is 2.42. The number of hydrogen-bond donors (Lipinski definition) is 2. The number of alkyl halides is 2. The van der Waals surface area contributed by atoms with E-state index in [9.17, 15) is 13.6 Å². The second-order valence-corrected chi connectivity index (χ2v) is 10.3. The van der Waals surface area contributed by atoms with Crippen molar-refractivity contribution in [2.24, 2.45) is 0 Å². The molecule has 1 aliphatic rings. The van der Waals surface area contributed by atoms with Crippen LogP contribution in [-0.2, 0) is 20.7 Å². The normalized spacial score (nSPS) is 17.7. The Morgan fingerprint density at radius 1 is 1.15 bits per heavy atom. The van der Waals surface area contributed by atoms with Crippen LogP contribution in [0.2, 0.25) is 0 Å². The number of nitrogens with one attached hydrogen (secondary N) is 1. The molecule has 1 aliphatic heterocycles. The first kappa shape index (κ1) is 29.8. The summed E-state index contributed by atoms with van der Waals surface area (Å²) in [5.41, 5.74) is 2.66. The van der Waals surface area contributed by atoms with Crippen LogP contribution in [0.5, 0.6) is 5.75 Å². The van der Waals surface area contributed by atoms with E-state index in [-0.39, 0.29) is 30.7 Å². The fraction of sp³-hybridized carbons (Fsp3) is 0.517. The predicted molar refractivity (Wildman–Crippen MR) is 143 cm³/mol. The van der Waals surface area contributed by atoms with E-state index >= 15 is 4.39 Å². The molecule has 0 saturated carbocycles. The highest BCUT2D eigenvalue weighted by molar-refractivity contribution is 5.85. The molecule has 2 atom stereocenters. The van der Waals surface area contributed by atoms with Gasteiger partial charge in [0.15, 0.2) is 0 Å². The van der Waals surface area contributed by atoms with Gasteiger partial charge in [0.05, 0.1) is 44.3 Å². The molecule has 3 heterocycles. The molecule has 3 aromatic rings. The molecule has 1 aromatic carbocycles. The summed E-state index contributed by atoms with van der Waals surface area (Å²) in [5, 5.41) is 9.50. The number of ether oxygens (including phenoxy) is 3. The molecule has 218 valence electrons. The Hall–Kier alpha value is -3.15. The lowest BCUT2D eigenvalue weighted by Gasteiger charge is -2.41. The third-order valence-electron chi connectivity index (χ3n) is 6.88. The molecule has 2 N–H and O–H groups in total. The monoisotopic (exact) mass is 563 g/mol. The fourth-order valence-electron chi connectivity index (χ4n) is 5.13. The quantitative estimate of drug-likeness (QED) is 0.240. The number of aromatic nitrogens is 2. The van der Waals surface area contributed by atoms with Crippen molar-refractivity contribution in [2.45, 2.75) is 57.5 Å². The average Bonchev–Trinajstić information content (AvgIpc) is 3.25. The number of H-pyrrole nitrogens is 1. The Morgan fingerprint density at radius 3 is 2.65 bits per heavy atom. The van der Waals surface area contributed by atoms with Crippen LogP contribution < -0.4 is 4.74 Å². The number of benzene rings is 1. The summed E-state index contributed by atoms with van der Waals surface area (Å²) < 4.78 is 60.0. The smallest absolute Gasteiger partial charge is 0.329 e. The third-order valence-corrected chi connectivity index (χ3v) is 6.88. The molecule has 0 radical (unpaired) electrons. The Labute approximate surface area is 231 Å². The van der Waals surface area contributed by atoms with E-state index in [1.165, 1.54) is 12.3 Å². The van der Waals surface area contributed by atoms with Crippen molar-refractivity contribution in [3.8, 4) is 5.75 Å². The number of carboxylic acid groups (broad SMARTS) is 1. The van der Waals surface area contributed by atoms with Crippen LogP contribution in [-0.4, -0.2) is 77.5 Å². The summed E-state index contributed by atoms with van der Waals surface area (Å²) >= 11 is 0. The summed E-state index contributed by atoms with van der Waals surface area (Å²) in [6.45, 7) is 3.34. The van der Waals surface area contributed by atoms with Gasteiger partial charge in [0.1, 0.15) is 18.2 Å². The molecular weight excluding hydrogens is 527 g/mol. The molecule has 0 bridgehead atoms. The van der Waals surface area contributed by atoms with E-state index < -0.39 is 30.3 Å². The zero-order valence-corrected chi connectivity index (χ0v) is 22.8. The van der Waals surface area contributed by atoms with Gasteiger partial charge < -0.3 is 24.3 Å². The molecule has 11 heteroatoms. The van der Waals surface area contributed by atoms with Crippen LogP contribution in [0.15, 0.2) is 36.5 Å². The predicted octanol–water partition coefficient (Wildman–Crippen LogP) is 5.36. The number of hydrogen-bond acceptors (Lipinski definition) is 6. The van der Waals surface area contributed by atoms with Crippen molar-refractivity contribution in [1.82, 2.24) is 14.9 Å². The van der Waals surface area contributed by atoms with Crippen molar-refractivity contribution in [1.29, 1.82) is 0 Å². The van der Waals surface area contributed by atoms with Gasteiger partial charge in [0.25, 0.3) is 5.92 Å². The van der Waals surface area contributed by atoms with E-state index in [4.69, 9.17) is 19.3 Å². The lowest BCUT2D eigenvalue weighted by Crippen LogP contribution is -2.47. The van der Waals surface area contributed by atoms with Crippen LogP contribution in [0, 0.1) is 5.82 Å². The fourth-order valence-corrected chi connectivity index (χ4v) is 5.13. The zero-order valence-electron chi connectivity index (χ0n) is 22.8. The number of carbonyl (C=O) groups is 1. The average molecular weight is 564 g/mol. The number of unbranched alkanes of at least 4 members (excludes halogenated alkanes) is 2. The number of fused-ring (bicyclic) bond motifs is 3. The number of aromatic amines is 1. The van der Waals surface area contributed by atoms with Crippen LogP contribution >= 0.6 is 0 Å². The van der Waals surface area contributed by atoms with Gasteiger partial charge in [0.2, 0.25) is 0 Å². The van der Waals surface area contributed by atoms with Crippen LogP contribution in [0.1, 0.15) is 56.1 Å². The molecular formula is C29H36F3N3O5. The minimum atomic E-state index is -2.96. The van der Waals surface area contributed by atoms with E-state index in [1.807, 2.05) is 31.2 Å². The molecule has 0 aliphatic carbocycles. The molecule has 8 nitrogen and oxygen atoms in total. The van der Waals surface area contributed by atoms with E-state index in [0.29, 0.717) is 31.9 Å². The SMILES string of the molecule is C[C@@H]1Cc2c([nH]c3ccccc23)[C@@H](c2ncc(OCCCCCOCCOCC(=O)O)cc2F)N1CC(C)(F)F.